The molecule has 3 aromatic carbocycles. The zero-order valence-electron chi connectivity index (χ0n) is 20.3. The van der Waals surface area contributed by atoms with E-state index in [4.69, 9.17) is 16.3 Å². The molecule has 192 valence electrons. The molecule has 1 unspecified atom stereocenters. The van der Waals surface area contributed by atoms with Crippen LogP contribution in [0.2, 0.25) is 5.02 Å². The van der Waals surface area contributed by atoms with Crippen LogP contribution in [0.25, 0.3) is 0 Å². The number of ether oxygens (including phenoxy) is 1. The second-order valence-corrected chi connectivity index (χ2v) is 9.80. The Morgan fingerprint density at radius 3 is 2.00 bits per heavy atom. The summed E-state index contributed by atoms with van der Waals surface area (Å²) in [7, 11) is 0. The maximum absolute atomic E-state index is 13.5. The number of aliphatic hydroxyl groups is 1. The summed E-state index contributed by atoms with van der Waals surface area (Å²) in [6.07, 6.45) is 1.31. The van der Waals surface area contributed by atoms with Gasteiger partial charge in [0.1, 0.15) is 30.1 Å². The van der Waals surface area contributed by atoms with Crippen LogP contribution in [0.5, 0.6) is 5.75 Å². The molecule has 4 nitrogen and oxygen atoms in total. The van der Waals surface area contributed by atoms with Crippen LogP contribution in [-0.2, 0) is 0 Å². The van der Waals surface area contributed by atoms with Crippen LogP contribution < -0.4 is 4.74 Å². The van der Waals surface area contributed by atoms with Gasteiger partial charge in [0.25, 0.3) is 0 Å². The first-order valence-corrected chi connectivity index (χ1v) is 12.9. The van der Waals surface area contributed by atoms with E-state index in [-0.39, 0.29) is 24.2 Å². The number of rotatable bonds is 11. The molecule has 0 spiro atoms. The SMILES string of the molecule is OC(COc1cccc(Cl)c1)CN1CCN(CCCC(c2ccc(F)cc2)c2ccc(F)cc2)CC1. The van der Waals surface area contributed by atoms with Crippen molar-refractivity contribution in [3.8, 4) is 5.75 Å². The van der Waals surface area contributed by atoms with Crippen LogP contribution in [0.4, 0.5) is 8.78 Å². The molecule has 0 saturated carbocycles. The van der Waals surface area contributed by atoms with Gasteiger partial charge in [0, 0.05) is 43.7 Å². The molecule has 3 aromatic rings. The van der Waals surface area contributed by atoms with Crippen LogP contribution >= 0.6 is 11.6 Å². The van der Waals surface area contributed by atoms with Crippen molar-refractivity contribution in [3.05, 3.63) is 101 Å². The number of halogens is 3. The van der Waals surface area contributed by atoms with E-state index in [1.807, 2.05) is 36.4 Å². The molecular formula is C29H33ClF2N2O2. The van der Waals surface area contributed by atoms with Gasteiger partial charge in [-0.2, -0.15) is 0 Å². The molecule has 1 fully saturated rings. The molecule has 0 aromatic heterocycles. The highest BCUT2D eigenvalue weighted by Crippen LogP contribution is 2.30. The van der Waals surface area contributed by atoms with Crippen molar-refractivity contribution in [1.82, 2.24) is 9.80 Å². The Morgan fingerprint density at radius 1 is 0.833 bits per heavy atom. The standard InChI is InChI=1S/C29H33ClF2N2O2/c30-24-3-1-4-28(19-24)36-21-27(35)20-34-17-15-33(16-18-34)14-2-5-29(22-6-10-25(31)11-7-22)23-8-12-26(32)13-9-23/h1,3-4,6-13,19,27,29,35H,2,5,14-18,20-21H2. The molecule has 0 aliphatic carbocycles. The maximum Gasteiger partial charge on any atom is 0.123 e. The Balaban J connectivity index is 1.21. The van der Waals surface area contributed by atoms with Gasteiger partial charge in [-0.05, 0) is 73.0 Å². The fraction of sp³-hybridized carbons (Fsp3) is 0.379. The fourth-order valence-corrected chi connectivity index (χ4v) is 4.91. The fourth-order valence-electron chi connectivity index (χ4n) is 4.73. The second-order valence-electron chi connectivity index (χ2n) is 9.36. The number of β-amino-alcohol motifs (C(OH)–C–C–N with tert-alkyl or cyclic N) is 1. The van der Waals surface area contributed by atoms with Gasteiger partial charge in [-0.3, -0.25) is 4.90 Å². The lowest BCUT2D eigenvalue weighted by molar-refractivity contribution is 0.0458. The summed E-state index contributed by atoms with van der Waals surface area (Å²) in [6.45, 7) is 5.45. The van der Waals surface area contributed by atoms with Crippen molar-refractivity contribution in [2.75, 3.05) is 45.9 Å². The highest BCUT2D eigenvalue weighted by Gasteiger charge is 2.20. The van der Waals surface area contributed by atoms with Crippen LogP contribution in [0.3, 0.4) is 0 Å². The average molecular weight is 515 g/mol. The van der Waals surface area contributed by atoms with Gasteiger partial charge in [0.2, 0.25) is 0 Å². The minimum atomic E-state index is -0.567. The van der Waals surface area contributed by atoms with Crippen molar-refractivity contribution in [2.45, 2.75) is 24.9 Å². The van der Waals surface area contributed by atoms with E-state index in [1.54, 1.807) is 12.1 Å². The van der Waals surface area contributed by atoms with E-state index in [1.165, 1.54) is 24.3 Å². The molecule has 0 bridgehead atoms. The Morgan fingerprint density at radius 2 is 1.42 bits per heavy atom. The van der Waals surface area contributed by atoms with Gasteiger partial charge in [-0.15, -0.1) is 0 Å². The minimum absolute atomic E-state index is 0.0992. The topological polar surface area (TPSA) is 35.9 Å². The third-order valence-electron chi connectivity index (χ3n) is 6.68. The summed E-state index contributed by atoms with van der Waals surface area (Å²) in [5, 5.41) is 11.0. The van der Waals surface area contributed by atoms with E-state index in [0.717, 1.165) is 56.7 Å². The molecule has 0 amide bonds. The lowest BCUT2D eigenvalue weighted by atomic mass is 9.87. The summed E-state index contributed by atoms with van der Waals surface area (Å²) >= 11 is 5.97. The van der Waals surface area contributed by atoms with Gasteiger partial charge >= 0.3 is 0 Å². The Kier molecular flexibility index (Phi) is 9.70. The molecule has 1 aliphatic rings. The normalized spacial score (nSPS) is 15.8. The van der Waals surface area contributed by atoms with Gasteiger partial charge < -0.3 is 14.7 Å². The van der Waals surface area contributed by atoms with Crippen molar-refractivity contribution in [3.63, 3.8) is 0 Å². The van der Waals surface area contributed by atoms with Crippen molar-refractivity contribution in [2.24, 2.45) is 0 Å². The number of piperazine rings is 1. The Labute approximate surface area is 217 Å². The molecule has 7 heteroatoms. The molecule has 4 rings (SSSR count). The van der Waals surface area contributed by atoms with Crippen LogP contribution in [0.15, 0.2) is 72.8 Å². The molecule has 1 heterocycles. The van der Waals surface area contributed by atoms with Gasteiger partial charge in [0.15, 0.2) is 0 Å². The van der Waals surface area contributed by atoms with Crippen LogP contribution in [-0.4, -0.2) is 66.9 Å². The summed E-state index contributed by atoms with van der Waals surface area (Å²) in [5.74, 6) is 0.249. The van der Waals surface area contributed by atoms with Crippen LogP contribution in [0.1, 0.15) is 29.9 Å². The number of nitrogens with zero attached hydrogens (tertiary/aromatic N) is 2. The van der Waals surface area contributed by atoms with E-state index in [0.29, 0.717) is 17.3 Å². The van der Waals surface area contributed by atoms with Gasteiger partial charge in [-0.25, -0.2) is 8.78 Å². The van der Waals surface area contributed by atoms with E-state index < -0.39 is 6.10 Å². The lowest BCUT2D eigenvalue weighted by Gasteiger charge is -2.35. The Bertz CT molecular complexity index is 1030. The predicted octanol–water partition coefficient (Wildman–Crippen LogP) is 5.59. The molecule has 1 N–H and O–H groups in total. The van der Waals surface area contributed by atoms with Crippen molar-refractivity contribution < 1.29 is 18.6 Å². The monoisotopic (exact) mass is 514 g/mol. The van der Waals surface area contributed by atoms with Gasteiger partial charge in [0.05, 0.1) is 0 Å². The van der Waals surface area contributed by atoms with Crippen LogP contribution in [0, 0.1) is 11.6 Å². The summed E-state index contributed by atoms with van der Waals surface area (Å²) < 4.78 is 32.6. The van der Waals surface area contributed by atoms with E-state index in [2.05, 4.69) is 9.80 Å². The van der Waals surface area contributed by atoms with E-state index >= 15 is 0 Å². The minimum Gasteiger partial charge on any atom is -0.491 e. The molecule has 1 atom stereocenters. The number of aliphatic hydroxyl groups excluding tert-OH is 1. The maximum atomic E-state index is 13.5. The van der Waals surface area contributed by atoms with E-state index in [9.17, 15) is 13.9 Å². The summed E-state index contributed by atoms with van der Waals surface area (Å²) in [6, 6.07) is 20.4. The molecule has 1 aliphatic heterocycles. The molecular weight excluding hydrogens is 482 g/mol. The first-order valence-electron chi connectivity index (χ1n) is 12.5. The lowest BCUT2D eigenvalue weighted by Crippen LogP contribution is -2.49. The first-order chi connectivity index (χ1) is 17.5. The summed E-state index contributed by atoms with van der Waals surface area (Å²) in [5.41, 5.74) is 2.09. The zero-order chi connectivity index (χ0) is 25.3. The highest BCUT2D eigenvalue weighted by molar-refractivity contribution is 6.30. The van der Waals surface area contributed by atoms with Crippen molar-refractivity contribution in [1.29, 1.82) is 0 Å². The number of benzene rings is 3. The van der Waals surface area contributed by atoms with Gasteiger partial charge in [-0.1, -0.05) is 41.9 Å². The third kappa shape index (κ3) is 8.00. The quantitative estimate of drug-likeness (QED) is 0.362. The number of hydrogen-bond acceptors (Lipinski definition) is 4. The number of hydrogen-bond donors (Lipinski definition) is 1. The largest absolute Gasteiger partial charge is 0.491 e. The van der Waals surface area contributed by atoms with Crippen molar-refractivity contribution >= 4 is 11.6 Å². The predicted molar refractivity (Wildman–Crippen MR) is 140 cm³/mol. The molecule has 36 heavy (non-hydrogen) atoms. The third-order valence-corrected chi connectivity index (χ3v) is 6.92. The second kappa shape index (κ2) is 13.2. The summed E-state index contributed by atoms with van der Waals surface area (Å²) in [4.78, 5) is 4.71. The molecule has 1 saturated heterocycles. The first kappa shape index (κ1) is 26.6. The average Bonchev–Trinajstić information content (AvgIpc) is 2.88. The smallest absolute Gasteiger partial charge is 0.123 e. The molecule has 0 radical (unpaired) electrons. The zero-order valence-corrected chi connectivity index (χ0v) is 21.1. The highest BCUT2D eigenvalue weighted by atomic mass is 35.5. The Hall–Kier alpha value is -2.51.